The molecule has 1 rings (SSSR count). The predicted molar refractivity (Wildman–Crippen MR) is 64.3 cm³/mol. The van der Waals surface area contributed by atoms with Crippen LogP contribution in [0.15, 0.2) is 0 Å². The highest BCUT2D eigenvalue weighted by molar-refractivity contribution is 7.91. The average molecular weight is 250 g/mol. The first-order valence-corrected chi connectivity index (χ1v) is 7.66. The van der Waals surface area contributed by atoms with Gasteiger partial charge in [-0.2, -0.15) is 0 Å². The lowest BCUT2D eigenvalue weighted by Gasteiger charge is -2.30. The van der Waals surface area contributed by atoms with E-state index < -0.39 is 9.84 Å². The van der Waals surface area contributed by atoms with Crippen LogP contribution in [0.1, 0.15) is 13.3 Å². The summed E-state index contributed by atoms with van der Waals surface area (Å²) < 4.78 is 22.5. The Morgan fingerprint density at radius 2 is 2.00 bits per heavy atom. The largest absolute Gasteiger partial charge is 0.395 e. The van der Waals surface area contributed by atoms with Gasteiger partial charge in [0.05, 0.1) is 18.1 Å². The lowest BCUT2D eigenvalue weighted by atomic mass is 10.2. The third kappa shape index (κ3) is 4.78. The summed E-state index contributed by atoms with van der Waals surface area (Å²) in [5, 5.41) is 12.4. The zero-order valence-corrected chi connectivity index (χ0v) is 10.7. The Hall–Kier alpha value is -0.170. The molecule has 0 aromatic rings. The van der Waals surface area contributed by atoms with Crippen molar-refractivity contribution < 1.29 is 13.5 Å². The number of aliphatic hydroxyl groups excluding tert-OH is 1. The minimum Gasteiger partial charge on any atom is -0.395 e. The van der Waals surface area contributed by atoms with Crippen molar-refractivity contribution in [3.8, 4) is 0 Å². The molecule has 0 amide bonds. The Labute approximate surface area is 97.7 Å². The monoisotopic (exact) mass is 250 g/mol. The smallest absolute Gasteiger partial charge is 0.152 e. The summed E-state index contributed by atoms with van der Waals surface area (Å²) in [5.41, 5.74) is 0. The van der Waals surface area contributed by atoms with Crippen LogP contribution in [0.25, 0.3) is 0 Å². The summed E-state index contributed by atoms with van der Waals surface area (Å²) in [6.07, 6.45) is 1.03. The molecular formula is C10H22N2O3S. The van der Waals surface area contributed by atoms with Crippen LogP contribution >= 0.6 is 0 Å². The Bertz CT molecular complexity index is 278. The van der Waals surface area contributed by atoms with E-state index in [-0.39, 0.29) is 24.2 Å². The standard InChI is InChI=1S/C10H22N2O3S/c1-2-3-11-10(9-13)8-12-4-6-16(14,15)7-5-12/h10-11,13H,2-9H2,1H3. The second kappa shape index (κ2) is 6.54. The summed E-state index contributed by atoms with van der Waals surface area (Å²) in [6, 6.07) is 0.0563. The predicted octanol–water partition coefficient (Wildman–Crippen LogP) is -0.923. The van der Waals surface area contributed by atoms with Crippen LogP contribution in [0.4, 0.5) is 0 Å². The molecule has 1 atom stereocenters. The van der Waals surface area contributed by atoms with Gasteiger partial charge in [-0.05, 0) is 13.0 Å². The number of aliphatic hydroxyl groups is 1. The fourth-order valence-corrected chi connectivity index (χ4v) is 3.06. The first-order chi connectivity index (χ1) is 7.57. The van der Waals surface area contributed by atoms with Crippen molar-refractivity contribution in [3.05, 3.63) is 0 Å². The Balaban J connectivity index is 2.31. The molecule has 1 saturated heterocycles. The van der Waals surface area contributed by atoms with Crippen molar-refractivity contribution in [3.63, 3.8) is 0 Å². The van der Waals surface area contributed by atoms with Crippen LogP contribution in [-0.2, 0) is 9.84 Å². The minimum atomic E-state index is -2.80. The van der Waals surface area contributed by atoms with E-state index in [1.807, 2.05) is 0 Å². The second-order valence-corrected chi connectivity index (χ2v) is 6.59. The molecule has 1 heterocycles. The molecule has 0 spiro atoms. The number of nitrogens with one attached hydrogen (secondary N) is 1. The zero-order chi connectivity index (χ0) is 12.0. The van der Waals surface area contributed by atoms with E-state index in [2.05, 4.69) is 17.1 Å². The van der Waals surface area contributed by atoms with Gasteiger partial charge in [-0.3, -0.25) is 4.90 Å². The fraction of sp³-hybridized carbons (Fsp3) is 1.00. The van der Waals surface area contributed by atoms with E-state index in [9.17, 15) is 13.5 Å². The second-order valence-electron chi connectivity index (χ2n) is 4.29. The summed E-state index contributed by atoms with van der Waals surface area (Å²) in [7, 11) is -2.80. The van der Waals surface area contributed by atoms with Gasteiger partial charge in [-0.15, -0.1) is 0 Å². The molecule has 0 aliphatic carbocycles. The fourth-order valence-electron chi connectivity index (χ4n) is 1.78. The van der Waals surface area contributed by atoms with E-state index in [1.54, 1.807) is 0 Å². The maximum atomic E-state index is 11.2. The molecule has 1 unspecified atom stereocenters. The van der Waals surface area contributed by atoms with Crippen molar-refractivity contribution >= 4 is 9.84 Å². The van der Waals surface area contributed by atoms with Crippen LogP contribution in [-0.4, -0.2) is 68.8 Å². The van der Waals surface area contributed by atoms with Crippen LogP contribution in [0.5, 0.6) is 0 Å². The zero-order valence-electron chi connectivity index (χ0n) is 9.85. The molecule has 1 aliphatic heterocycles. The molecule has 0 aromatic heterocycles. The van der Waals surface area contributed by atoms with Crippen LogP contribution in [0, 0.1) is 0 Å². The molecular weight excluding hydrogens is 228 g/mol. The third-order valence-electron chi connectivity index (χ3n) is 2.82. The van der Waals surface area contributed by atoms with Gasteiger partial charge in [0.2, 0.25) is 0 Å². The number of sulfone groups is 1. The lowest BCUT2D eigenvalue weighted by Crippen LogP contribution is -2.48. The first kappa shape index (κ1) is 13.9. The minimum absolute atomic E-state index is 0.0563. The Kier molecular flexibility index (Phi) is 5.68. The van der Waals surface area contributed by atoms with E-state index in [0.717, 1.165) is 19.5 Å². The van der Waals surface area contributed by atoms with Gasteiger partial charge in [0.25, 0.3) is 0 Å². The molecule has 6 heteroatoms. The highest BCUT2D eigenvalue weighted by atomic mass is 32.2. The summed E-state index contributed by atoms with van der Waals surface area (Å²) in [5.74, 6) is 0.498. The average Bonchev–Trinajstić information content (AvgIpc) is 2.26. The van der Waals surface area contributed by atoms with E-state index in [0.29, 0.717) is 13.1 Å². The molecule has 5 nitrogen and oxygen atoms in total. The highest BCUT2D eigenvalue weighted by Gasteiger charge is 2.23. The number of nitrogens with zero attached hydrogens (tertiary/aromatic N) is 1. The normalized spacial score (nSPS) is 23.1. The van der Waals surface area contributed by atoms with Gasteiger partial charge >= 0.3 is 0 Å². The molecule has 1 aliphatic rings. The maximum absolute atomic E-state index is 11.2. The van der Waals surface area contributed by atoms with Crippen LogP contribution in [0.2, 0.25) is 0 Å². The summed E-state index contributed by atoms with van der Waals surface area (Å²) in [6.45, 7) is 4.97. The molecule has 0 saturated carbocycles. The quantitative estimate of drug-likeness (QED) is 0.638. The van der Waals surface area contributed by atoms with Gasteiger partial charge in [0, 0.05) is 25.7 Å². The molecule has 0 bridgehead atoms. The number of hydrogen-bond acceptors (Lipinski definition) is 5. The molecule has 1 fully saturated rings. The first-order valence-electron chi connectivity index (χ1n) is 5.84. The van der Waals surface area contributed by atoms with Crippen molar-refractivity contribution in [2.45, 2.75) is 19.4 Å². The molecule has 0 aromatic carbocycles. The van der Waals surface area contributed by atoms with Gasteiger partial charge in [-0.1, -0.05) is 6.92 Å². The van der Waals surface area contributed by atoms with Crippen molar-refractivity contribution in [1.82, 2.24) is 10.2 Å². The highest BCUT2D eigenvalue weighted by Crippen LogP contribution is 2.04. The van der Waals surface area contributed by atoms with Crippen LogP contribution < -0.4 is 5.32 Å². The molecule has 16 heavy (non-hydrogen) atoms. The number of rotatable bonds is 6. The van der Waals surface area contributed by atoms with Gasteiger partial charge in [0.1, 0.15) is 0 Å². The van der Waals surface area contributed by atoms with Gasteiger partial charge < -0.3 is 10.4 Å². The van der Waals surface area contributed by atoms with Gasteiger partial charge in [-0.25, -0.2) is 8.42 Å². The van der Waals surface area contributed by atoms with E-state index in [1.165, 1.54) is 0 Å². The van der Waals surface area contributed by atoms with E-state index in [4.69, 9.17) is 0 Å². The Morgan fingerprint density at radius 1 is 1.38 bits per heavy atom. The topological polar surface area (TPSA) is 69.6 Å². The lowest BCUT2D eigenvalue weighted by molar-refractivity contribution is 0.188. The van der Waals surface area contributed by atoms with E-state index >= 15 is 0 Å². The summed E-state index contributed by atoms with van der Waals surface area (Å²) in [4.78, 5) is 2.10. The van der Waals surface area contributed by atoms with Crippen LogP contribution in [0.3, 0.4) is 0 Å². The molecule has 2 N–H and O–H groups in total. The number of hydrogen-bond donors (Lipinski definition) is 2. The van der Waals surface area contributed by atoms with Crippen molar-refractivity contribution in [2.24, 2.45) is 0 Å². The third-order valence-corrected chi connectivity index (χ3v) is 4.43. The maximum Gasteiger partial charge on any atom is 0.152 e. The molecule has 96 valence electrons. The van der Waals surface area contributed by atoms with Gasteiger partial charge in [0.15, 0.2) is 9.84 Å². The summed E-state index contributed by atoms with van der Waals surface area (Å²) >= 11 is 0. The van der Waals surface area contributed by atoms with Crippen molar-refractivity contribution in [2.75, 3.05) is 44.3 Å². The molecule has 0 radical (unpaired) electrons. The van der Waals surface area contributed by atoms with Crippen molar-refractivity contribution in [1.29, 1.82) is 0 Å². The Morgan fingerprint density at radius 3 is 2.50 bits per heavy atom. The SMILES string of the molecule is CCCNC(CO)CN1CCS(=O)(=O)CC1.